The van der Waals surface area contributed by atoms with Crippen LogP contribution in [-0.2, 0) is 20.9 Å². The quantitative estimate of drug-likeness (QED) is 0.653. The Morgan fingerprint density at radius 2 is 1.77 bits per heavy atom. The number of rotatable bonds is 4. The van der Waals surface area contributed by atoms with Gasteiger partial charge in [-0.05, 0) is 24.6 Å². The standard InChI is InChI=1S/C24H26N4O3/c1-17-23-25-19-9-5-6-10-20(19)28(23)21(15-22(29)26-11-13-31-14-12-26)24(30)27(17)16-18-7-3-2-4-8-18/h2-10,17,21H,11-16H2,1H3/t17-,21+/m1/s1. The molecule has 1 aromatic heterocycles. The molecule has 0 bridgehead atoms. The van der Waals surface area contributed by atoms with Gasteiger partial charge in [0.15, 0.2) is 0 Å². The minimum atomic E-state index is -0.599. The first kappa shape index (κ1) is 19.8. The summed E-state index contributed by atoms with van der Waals surface area (Å²) in [6.07, 6.45) is 0.129. The van der Waals surface area contributed by atoms with Crippen LogP contribution < -0.4 is 0 Å². The number of carbonyl (C=O) groups excluding carboxylic acids is 2. The van der Waals surface area contributed by atoms with Gasteiger partial charge in [0, 0.05) is 19.6 Å². The highest BCUT2D eigenvalue weighted by Crippen LogP contribution is 2.37. The number of fused-ring (bicyclic) bond motifs is 3. The molecule has 7 nitrogen and oxygen atoms in total. The zero-order chi connectivity index (χ0) is 21.4. The van der Waals surface area contributed by atoms with Crippen molar-refractivity contribution in [3.05, 3.63) is 66.0 Å². The van der Waals surface area contributed by atoms with Crippen molar-refractivity contribution < 1.29 is 14.3 Å². The summed E-state index contributed by atoms with van der Waals surface area (Å²) in [5.74, 6) is 0.782. The normalized spacial score (nSPS) is 21.4. The molecule has 3 aromatic rings. The van der Waals surface area contributed by atoms with Crippen molar-refractivity contribution in [3.63, 3.8) is 0 Å². The van der Waals surface area contributed by atoms with Gasteiger partial charge in [0.2, 0.25) is 11.8 Å². The van der Waals surface area contributed by atoms with Gasteiger partial charge in [0.1, 0.15) is 11.9 Å². The number of hydrogen-bond acceptors (Lipinski definition) is 4. The van der Waals surface area contributed by atoms with E-state index < -0.39 is 6.04 Å². The van der Waals surface area contributed by atoms with Gasteiger partial charge in [-0.25, -0.2) is 4.98 Å². The molecule has 2 atom stereocenters. The molecule has 2 aromatic carbocycles. The number of carbonyl (C=O) groups is 2. The number of ether oxygens (including phenoxy) is 1. The molecule has 5 rings (SSSR count). The molecule has 0 N–H and O–H groups in total. The van der Waals surface area contributed by atoms with Crippen LogP contribution in [0.25, 0.3) is 11.0 Å². The minimum absolute atomic E-state index is 0.0143. The summed E-state index contributed by atoms with van der Waals surface area (Å²) in [5, 5.41) is 0. The second kappa shape index (κ2) is 8.15. The number of amides is 2. The number of nitrogens with zero attached hydrogens (tertiary/aromatic N) is 4. The number of para-hydroxylation sites is 2. The summed E-state index contributed by atoms with van der Waals surface area (Å²) in [6.45, 7) is 4.73. The molecule has 0 aliphatic carbocycles. The van der Waals surface area contributed by atoms with E-state index in [2.05, 4.69) is 0 Å². The summed E-state index contributed by atoms with van der Waals surface area (Å²) >= 11 is 0. The first-order valence-electron chi connectivity index (χ1n) is 10.8. The maximum atomic E-state index is 13.7. The second-order valence-electron chi connectivity index (χ2n) is 8.17. The summed E-state index contributed by atoms with van der Waals surface area (Å²) in [6, 6.07) is 17.0. The Bertz CT molecular complexity index is 1100. The third kappa shape index (κ3) is 3.59. The highest BCUT2D eigenvalue weighted by atomic mass is 16.5. The largest absolute Gasteiger partial charge is 0.378 e. The van der Waals surface area contributed by atoms with Gasteiger partial charge in [-0.1, -0.05) is 42.5 Å². The SMILES string of the molecule is C[C@@H]1c2nc3ccccc3n2[C@@H](CC(=O)N2CCOCC2)C(=O)N1Cc1ccccc1. The van der Waals surface area contributed by atoms with Gasteiger partial charge in [-0.15, -0.1) is 0 Å². The summed E-state index contributed by atoms with van der Waals surface area (Å²) in [7, 11) is 0. The van der Waals surface area contributed by atoms with E-state index in [4.69, 9.17) is 9.72 Å². The topological polar surface area (TPSA) is 67.7 Å². The lowest BCUT2D eigenvalue weighted by Crippen LogP contribution is -2.47. The Balaban J connectivity index is 1.53. The smallest absolute Gasteiger partial charge is 0.247 e. The molecule has 2 aliphatic rings. The first-order chi connectivity index (χ1) is 15.1. The number of imidazole rings is 1. The van der Waals surface area contributed by atoms with Crippen LogP contribution in [0.4, 0.5) is 0 Å². The van der Waals surface area contributed by atoms with Crippen molar-refractivity contribution >= 4 is 22.8 Å². The van der Waals surface area contributed by atoms with E-state index in [-0.39, 0.29) is 24.3 Å². The highest BCUT2D eigenvalue weighted by Gasteiger charge is 2.41. The fourth-order valence-corrected chi connectivity index (χ4v) is 4.60. The van der Waals surface area contributed by atoms with Gasteiger partial charge in [-0.3, -0.25) is 9.59 Å². The number of hydrogen-bond donors (Lipinski definition) is 0. The van der Waals surface area contributed by atoms with Crippen LogP contribution in [0.5, 0.6) is 0 Å². The van der Waals surface area contributed by atoms with E-state index in [9.17, 15) is 9.59 Å². The Hall–Kier alpha value is -3.19. The predicted molar refractivity (Wildman–Crippen MR) is 116 cm³/mol. The Kier molecular flexibility index (Phi) is 5.19. The maximum absolute atomic E-state index is 13.7. The average Bonchev–Trinajstić information content (AvgIpc) is 3.20. The Morgan fingerprint density at radius 1 is 1.06 bits per heavy atom. The van der Waals surface area contributed by atoms with Crippen molar-refractivity contribution in [2.24, 2.45) is 0 Å². The maximum Gasteiger partial charge on any atom is 0.247 e. The summed E-state index contributed by atoms with van der Waals surface area (Å²) < 4.78 is 7.36. The molecule has 3 heterocycles. The van der Waals surface area contributed by atoms with Crippen LogP contribution in [0.3, 0.4) is 0 Å². The number of morpholine rings is 1. The van der Waals surface area contributed by atoms with Gasteiger partial charge < -0.3 is 19.1 Å². The molecular weight excluding hydrogens is 392 g/mol. The zero-order valence-electron chi connectivity index (χ0n) is 17.6. The molecule has 7 heteroatoms. The van der Waals surface area contributed by atoms with Crippen LogP contribution in [0.15, 0.2) is 54.6 Å². The predicted octanol–water partition coefficient (Wildman–Crippen LogP) is 2.93. The van der Waals surface area contributed by atoms with Crippen molar-refractivity contribution in [2.45, 2.75) is 32.0 Å². The van der Waals surface area contributed by atoms with E-state index in [1.807, 2.05) is 71.0 Å². The molecule has 0 unspecified atom stereocenters. The monoisotopic (exact) mass is 418 g/mol. The van der Waals surface area contributed by atoms with Crippen molar-refractivity contribution in [2.75, 3.05) is 26.3 Å². The first-order valence-corrected chi connectivity index (χ1v) is 10.8. The van der Waals surface area contributed by atoms with E-state index >= 15 is 0 Å². The highest BCUT2D eigenvalue weighted by molar-refractivity contribution is 5.91. The minimum Gasteiger partial charge on any atom is -0.378 e. The van der Waals surface area contributed by atoms with E-state index in [1.165, 1.54) is 0 Å². The number of aromatic nitrogens is 2. The molecule has 1 saturated heterocycles. The Labute approximate surface area is 181 Å². The van der Waals surface area contributed by atoms with Crippen LogP contribution in [0.1, 0.15) is 36.8 Å². The van der Waals surface area contributed by atoms with E-state index in [0.717, 1.165) is 22.4 Å². The van der Waals surface area contributed by atoms with Gasteiger partial charge in [0.25, 0.3) is 0 Å². The lowest BCUT2D eigenvalue weighted by Gasteiger charge is -2.39. The molecule has 0 radical (unpaired) electrons. The fourth-order valence-electron chi connectivity index (χ4n) is 4.60. The van der Waals surface area contributed by atoms with Gasteiger partial charge in [-0.2, -0.15) is 0 Å². The van der Waals surface area contributed by atoms with Crippen LogP contribution in [0, 0.1) is 0 Å². The molecule has 2 aliphatic heterocycles. The van der Waals surface area contributed by atoms with Crippen molar-refractivity contribution in [1.82, 2.24) is 19.4 Å². The van der Waals surface area contributed by atoms with E-state index in [0.29, 0.717) is 32.8 Å². The summed E-state index contributed by atoms with van der Waals surface area (Å²) in [5.41, 5.74) is 2.81. The van der Waals surface area contributed by atoms with Crippen LogP contribution in [-0.4, -0.2) is 57.5 Å². The molecule has 2 amide bonds. The lowest BCUT2D eigenvalue weighted by atomic mass is 10.0. The summed E-state index contributed by atoms with van der Waals surface area (Å²) in [4.78, 5) is 35.3. The van der Waals surface area contributed by atoms with Crippen molar-refractivity contribution in [1.29, 1.82) is 0 Å². The molecule has 160 valence electrons. The molecule has 31 heavy (non-hydrogen) atoms. The lowest BCUT2D eigenvalue weighted by molar-refractivity contribution is -0.146. The molecule has 1 fully saturated rings. The van der Waals surface area contributed by atoms with Gasteiger partial charge in [0.05, 0.1) is 36.7 Å². The fraction of sp³-hybridized carbons (Fsp3) is 0.375. The average molecular weight is 418 g/mol. The molecular formula is C24H26N4O3. The zero-order valence-corrected chi connectivity index (χ0v) is 17.6. The van der Waals surface area contributed by atoms with Gasteiger partial charge >= 0.3 is 0 Å². The number of benzene rings is 2. The van der Waals surface area contributed by atoms with E-state index in [1.54, 1.807) is 4.90 Å². The third-order valence-electron chi connectivity index (χ3n) is 6.27. The van der Waals surface area contributed by atoms with Crippen LogP contribution >= 0.6 is 0 Å². The third-order valence-corrected chi connectivity index (χ3v) is 6.27. The van der Waals surface area contributed by atoms with Crippen LogP contribution in [0.2, 0.25) is 0 Å². The van der Waals surface area contributed by atoms with Crippen molar-refractivity contribution in [3.8, 4) is 0 Å². The molecule has 0 saturated carbocycles. The second-order valence-corrected chi connectivity index (χ2v) is 8.17. The Morgan fingerprint density at radius 3 is 2.55 bits per heavy atom. The molecule has 0 spiro atoms.